The zero-order valence-electron chi connectivity index (χ0n) is 14.4. The molecule has 1 atom stereocenters. The van der Waals surface area contributed by atoms with Crippen molar-refractivity contribution >= 4 is 23.2 Å². The second kappa shape index (κ2) is 9.76. The molecule has 0 saturated carbocycles. The topological polar surface area (TPSA) is 70.7 Å². The molecule has 7 heteroatoms. The first-order valence-electron chi connectivity index (χ1n) is 8.48. The largest absolute Gasteiger partial charge is 0.379 e. The summed E-state index contributed by atoms with van der Waals surface area (Å²) in [6.45, 7) is 8.67. The molecule has 1 aliphatic heterocycles. The van der Waals surface area contributed by atoms with E-state index >= 15 is 0 Å². The van der Waals surface area contributed by atoms with Gasteiger partial charge in [-0.05, 0) is 17.4 Å². The molecule has 0 aliphatic carbocycles. The number of rotatable bonds is 8. The zero-order valence-corrected chi connectivity index (χ0v) is 15.2. The van der Waals surface area contributed by atoms with Crippen molar-refractivity contribution in [2.45, 2.75) is 26.3 Å². The van der Waals surface area contributed by atoms with Gasteiger partial charge in [0.05, 0.1) is 18.1 Å². The summed E-state index contributed by atoms with van der Waals surface area (Å²) < 4.78 is 5.39. The number of nitrogens with zero attached hydrogens (tertiary/aromatic N) is 1. The molecule has 2 N–H and O–H groups in total. The maximum Gasteiger partial charge on any atom is 0.261 e. The second-order valence-electron chi connectivity index (χ2n) is 6.25. The van der Waals surface area contributed by atoms with E-state index in [4.69, 9.17) is 4.74 Å². The molecule has 1 saturated heterocycles. The summed E-state index contributed by atoms with van der Waals surface area (Å²) in [7, 11) is 0. The Bertz CT molecular complexity index is 513. The van der Waals surface area contributed by atoms with E-state index in [1.807, 2.05) is 11.4 Å². The average Bonchev–Trinajstić information content (AvgIpc) is 3.10. The molecule has 0 spiro atoms. The van der Waals surface area contributed by atoms with Gasteiger partial charge in [-0.2, -0.15) is 0 Å². The van der Waals surface area contributed by atoms with Crippen molar-refractivity contribution in [1.29, 1.82) is 0 Å². The highest BCUT2D eigenvalue weighted by Gasteiger charge is 2.24. The molecule has 0 radical (unpaired) electrons. The van der Waals surface area contributed by atoms with E-state index in [0.717, 1.165) is 26.3 Å². The zero-order chi connectivity index (χ0) is 17.4. The van der Waals surface area contributed by atoms with E-state index in [1.54, 1.807) is 6.07 Å². The maximum atomic E-state index is 12.0. The third-order valence-electron chi connectivity index (χ3n) is 4.18. The van der Waals surface area contributed by atoms with E-state index < -0.39 is 0 Å². The molecule has 1 aliphatic rings. The van der Waals surface area contributed by atoms with E-state index in [9.17, 15) is 9.59 Å². The van der Waals surface area contributed by atoms with Gasteiger partial charge < -0.3 is 15.4 Å². The minimum atomic E-state index is -0.119. The standard InChI is InChI=1S/C17H27N3O3S/c1-13(2)14(20-7-9-23-10-8-20)12-19-16(21)5-6-18-17(22)15-4-3-11-24-15/h3-4,11,13-14H,5-10,12H2,1-2H3,(H,18,22)(H,19,21). The Balaban J connectivity index is 1.68. The summed E-state index contributed by atoms with van der Waals surface area (Å²) >= 11 is 1.39. The number of amides is 2. The normalized spacial score (nSPS) is 16.8. The van der Waals surface area contributed by atoms with Crippen molar-refractivity contribution in [1.82, 2.24) is 15.5 Å². The summed E-state index contributed by atoms with van der Waals surface area (Å²) in [5.41, 5.74) is 0. The molecule has 2 heterocycles. The fraction of sp³-hybridized carbons (Fsp3) is 0.647. The van der Waals surface area contributed by atoms with Gasteiger partial charge in [0.25, 0.3) is 5.91 Å². The number of ether oxygens (including phenoxy) is 1. The van der Waals surface area contributed by atoms with Crippen LogP contribution in [0.5, 0.6) is 0 Å². The first-order chi connectivity index (χ1) is 11.6. The highest BCUT2D eigenvalue weighted by Crippen LogP contribution is 2.12. The fourth-order valence-electron chi connectivity index (χ4n) is 2.79. The van der Waals surface area contributed by atoms with Gasteiger partial charge in [0.15, 0.2) is 0 Å². The Morgan fingerprint density at radius 2 is 2.04 bits per heavy atom. The Morgan fingerprint density at radius 1 is 1.29 bits per heavy atom. The van der Waals surface area contributed by atoms with Crippen LogP contribution >= 0.6 is 11.3 Å². The number of carbonyl (C=O) groups is 2. The molecule has 1 aromatic heterocycles. The Morgan fingerprint density at radius 3 is 2.67 bits per heavy atom. The molecule has 2 amide bonds. The maximum absolute atomic E-state index is 12.0. The van der Waals surface area contributed by atoms with Crippen molar-refractivity contribution in [3.8, 4) is 0 Å². The molecule has 2 rings (SSSR count). The van der Waals surface area contributed by atoms with Crippen LogP contribution in [0.4, 0.5) is 0 Å². The molecule has 0 bridgehead atoms. The van der Waals surface area contributed by atoms with E-state index in [-0.39, 0.29) is 11.8 Å². The van der Waals surface area contributed by atoms with Crippen LogP contribution in [0.15, 0.2) is 17.5 Å². The lowest BCUT2D eigenvalue weighted by Crippen LogP contribution is -2.51. The molecule has 1 fully saturated rings. The molecule has 134 valence electrons. The molecule has 1 unspecified atom stereocenters. The lowest BCUT2D eigenvalue weighted by Gasteiger charge is -2.36. The van der Waals surface area contributed by atoms with Gasteiger partial charge in [-0.1, -0.05) is 19.9 Å². The molecule has 24 heavy (non-hydrogen) atoms. The van der Waals surface area contributed by atoms with Crippen LogP contribution in [-0.2, 0) is 9.53 Å². The van der Waals surface area contributed by atoms with Gasteiger partial charge in [-0.25, -0.2) is 0 Å². The molecular weight excluding hydrogens is 326 g/mol. The smallest absolute Gasteiger partial charge is 0.261 e. The van der Waals surface area contributed by atoms with Crippen LogP contribution in [0.3, 0.4) is 0 Å². The van der Waals surface area contributed by atoms with E-state index in [1.165, 1.54) is 11.3 Å². The van der Waals surface area contributed by atoms with Crippen LogP contribution in [0.1, 0.15) is 29.9 Å². The fourth-order valence-corrected chi connectivity index (χ4v) is 3.43. The Kier molecular flexibility index (Phi) is 7.68. The highest BCUT2D eigenvalue weighted by atomic mass is 32.1. The number of hydrogen-bond donors (Lipinski definition) is 2. The Hall–Kier alpha value is -1.44. The third-order valence-corrected chi connectivity index (χ3v) is 5.04. The lowest BCUT2D eigenvalue weighted by atomic mass is 10.0. The van der Waals surface area contributed by atoms with Gasteiger partial charge >= 0.3 is 0 Å². The lowest BCUT2D eigenvalue weighted by molar-refractivity contribution is -0.121. The number of carbonyl (C=O) groups excluding carboxylic acids is 2. The summed E-state index contributed by atoms with van der Waals surface area (Å²) in [5.74, 6) is 0.313. The molecule has 1 aromatic rings. The van der Waals surface area contributed by atoms with Crippen molar-refractivity contribution < 1.29 is 14.3 Å². The first-order valence-corrected chi connectivity index (χ1v) is 9.36. The summed E-state index contributed by atoms with van der Waals surface area (Å²) in [5, 5.41) is 7.63. The first kappa shape index (κ1) is 18.9. The molecular formula is C17H27N3O3S. The summed E-state index contributed by atoms with van der Waals surface area (Å²) in [6, 6.07) is 3.93. The number of thiophene rings is 1. The molecule has 6 nitrogen and oxygen atoms in total. The van der Waals surface area contributed by atoms with Gasteiger partial charge in [-0.3, -0.25) is 14.5 Å². The van der Waals surface area contributed by atoms with Crippen LogP contribution < -0.4 is 10.6 Å². The second-order valence-corrected chi connectivity index (χ2v) is 7.19. The van der Waals surface area contributed by atoms with E-state index in [2.05, 4.69) is 29.4 Å². The van der Waals surface area contributed by atoms with Crippen LogP contribution in [0, 0.1) is 5.92 Å². The predicted octanol–water partition coefficient (Wildman–Crippen LogP) is 1.34. The summed E-state index contributed by atoms with van der Waals surface area (Å²) in [6.07, 6.45) is 0.297. The van der Waals surface area contributed by atoms with Gasteiger partial charge in [-0.15, -0.1) is 11.3 Å². The summed E-state index contributed by atoms with van der Waals surface area (Å²) in [4.78, 5) is 26.9. The molecule has 0 aromatic carbocycles. The third kappa shape index (κ3) is 5.89. The van der Waals surface area contributed by atoms with Crippen LogP contribution in [0.2, 0.25) is 0 Å². The minimum Gasteiger partial charge on any atom is -0.379 e. The SMILES string of the molecule is CC(C)C(CNC(=O)CCNC(=O)c1cccs1)N1CCOCC1. The monoisotopic (exact) mass is 353 g/mol. The predicted molar refractivity (Wildman–Crippen MR) is 95.3 cm³/mol. The number of morpholine rings is 1. The van der Waals surface area contributed by atoms with Crippen molar-refractivity contribution in [3.05, 3.63) is 22.4 Å². The van der Waals surface area contributed by atoms with Crippen LogP contribution in [-0.4, -0.2) is 62.1 Å². The van der Waals surface area contributed by atoms with Gasteiger partial charge in [0.1, 0.15) is 0 Å². The van der Waals surface area contributed by atoms with Crippen molar-refractivity contribution in [2.24, 2.45) is 5.92 Å². The van der Waals surface area contributed by atoms with Gasteiger partial charge in [0, 0.05) is 38.6 Å². The van der Waals surface area contributed by atoms with Crippen molar-refractivity contribution in [3.63, 3.8) is 0 Å². The van der Waals surface area contributed by atoms with Crippen LogP contribution in [0.25, 0.3) is 0 Å². The number of hydrogen-bond acceptors (Lipinski definition) is 5. The average molecular weight is 353 g/mol. The van der Waals surface area contributed by atoms with Crippen molar-refractivity contribution in [2.75, 3.05) is 39.4 Å². The van der Waals surface area contributed by atoms with Gasteiger partial charge in [0.2, 0.25) is 5.91 Å². The minimum absolute atomic E-state index is 0.0274. The Labute approximate surface area is 147 Å². The van der Waals surface area contributed by atoms with E-state index in [0.29, 0.717) is 36.3 Å². The highest BCUT2D eigenvalue weighted by molar-refractivity contribution is 7.12. The number of nitrogens with one attached hydrogen (secondary N) is 2. The quantitative estimate of drug-likeness (QED) is 0.740.